The van der Waals surface area contributed by atoms with Gasteiger partial charge in [0.2, 0.25) is 0 Å². The molecule has 0 unspecified atom stereocenters. The Hall–Kier alpha value is -2.18. The predicted octanol–water partition coefficient (Wildman–Crippen LogP) is 4.25. The highest BCUT2D eigenvalue weighted by atomic mass is 127. The fraction of sp³-hybridized carbons (Fsp3) is 0.211. The van der Waals surface area contributed by atoms with Crippen molar-refractivity contribution in [3.05, 3.63) is 65.5 Å². The van der Waals surface area contributed by atoms with Gasteiger partial charge in [0, 0.05) is 20.4 Å². The van der Waals surface area contributed by atoms with Crippen molar-refractivity contribution in [1.82, 2.24) is 9.78 Å². The number of hydrogen-bond acceptors (Lipinski definition) is 4. The number of aromatic nitrogens is 2. The molecule has 0 amide bonds. The fourth-order valence-electron chi connectivity index (χ4n) is 3.20. The number of aliphatic imine (C=N–C) groups is 1. The smallest absolute Gasteiger partial charge is 0.280 e. The van der Waals surface area contributed by atoms with E-state index in [9.17, 15) is 10.1 Å². The molecule has 0 aliphatic heterocycles. The molecule has 1 aliphatic rings. The highest BCUT2D eigenvalue weighted by Gasteiger charge is 2.21. The third kappa shape index (κ3) is 2.93. The van der Waals surface area contributed by atoms with Crippen LogP contribution in [-0.4, -0.2) is 16.0 Å². The zero-order chi connectivity index (χ0) is 18.3. The summed E-state index contributed by atoms with van der Waals surface area (Å²) in [4.78, 5) is 18.5. The second-order valence-electron chi connectivity index (χ2n) is 6.17. The van der Waals surface area contributed by atoms with Crippen LogP contribution in [-0.2, 0) is 12.8 Å². The number of benzene rings is 1. The Kier molecular flexibility index (Phi) is 4.54. The van der Waals surface area contributed by atoms with E-state index in [4.69, 9.17) is 0 Å². The summed E-state index contributed by atoms with van der Waals surface area (Å²) in [7, 11) is 0. The Labute approximate surface area is 168 Å². The zero-order valence-electron chi connectivity index (χ0n) is 14.0. The lowest BCUT2D eigenvalue weighted by Crippen LogP contribution is -2.17. The Balaban J connectivity index is 1.72. The summed E-state index contributed by atoms with van der Waals surface area (Å²) < 4.78 is 2.63. The number of rotatable bonds is 3. The first kappa shape index (κ1) is 17.2. The average Bonchev–Trinajstić information content (AvgIpc) is 3.28. The predicted molar refractivity (Wildman–Crippen MR) is 112 cm³/mol. The Morgan fingerprint density at radius 2 is 2.12 bits per heavy atom. The van der Waals surface area contributed by atoms with E-state index in [1.165, 1.54) is 9.56 Å². The molecule has 3 aromatic rings. The van der Waals surface area contributed by atoms with Gasteiger partial charge in [-0.05, 0) is 78.6 Å². The van der Waals surface area contributed by atoms with Crippen molar-refractivity contribution in [2.45, 2.75) is 26.2 Å². The van der Waals surface area contributed by atoms with Crippen LogP contribution < -0.4 is 5.56 Å². The number of nitrogens with one attached hydrogen (secondary N) is 1. The molecule has 1 aliphatic carbocycles. The van der Waals surface area contributed by atoms with E-state index in [1.54, 1.807) is 17.6 Å². The number of H-pyrrole nitrogens is 1. The number of hydrogen-bond donors (Lipinski definition) is 1. The summed E-state index contributed by atoms with van der Waals surface area (Å²) in [5.74, 6) is 0. The van der Waals surface area contributed by atoms with Gasteiger partial charge in [-0.25, -0.2) is 9.67 Å². The summed E-state index contributed by atoms with van der Waals surface area (Å²) in [6.07, 6.45) is 4.66. The van der Waals surface area contributed by atoms with Crippen molar-refractivity contribution < 1.29 is 0 Å². The van der Waals surface area contributed by atoms with Gasteiger partial charge in [-0.2, -0.15) is 5.26 Å². The largest absolute Gasteiger partial charge is 0.295 e. The van der Waals surface area contributed by atoms with Gasteiger partial charge < -0.3 is 0 Å². The second-order valence-corrected chi connectivity index (χ2v) is 8.50. The number of nitriles is 1. The summed E-state index contributed by atoms with van der Waals surface area (Å²) >= 11 is 3.80. The Morgan fingerprint density at radius 3 is 2.85 bits per heavy atom. The lowest BCUT2D eigenvalue weighted by molar-refractivity contribution is 0.835. The van der Waals surface area contributed by atoms with Gasteiger partial charge in [0.1, 0.15) is 11.1 Å². The number of aromatic amines is 1. The summed E-state index contributed by atoms with van der Waals surface area (Å²) in [6.45, 7) is 1.85. The molecule has 0 saturated carbocycles. The van der Waals surface area contributed by atoms with E-state index in [2.05, 4.69) is 38.8 Å². The molecule has 0 bridgehead atoms. The van der Waals surface area contributed by atoms with Gasteiger partial charge in [-0.1, -0.05) is 0 Å². The maximum absolute atomic E-state index is 12.8. The van der Waals surface area contributed by atoms with E-state index in [0.29, 0.717) is 16.1 Å². The topological polar surface area (TPSA) is 73.9 Å². The molecule has 0 saturated heterocycles. The van der Waals surface area contributed by atoms with E-state index >= 15 is 0 Å². The third-order valence-corrected chi connectivity index (χ3v) is 6.45. The summed E-state index contributed by atoms with van der Waals surface area (Å²) in [6, 6.07) is 10.00. The van der Waals surface area contributed by atoms with Gasteiger partial charge in [0.15, 0.2) is 0 Å². The normalized spacial score (nSPS) is 13.3. The van der Waals surface area contributed by atoms with Crippen LogP contribution in [0.2, 0.25) is 0 Å². The molecule has 4 rings (SSSR count). The van der Waals surface area contributed by atoms with Crippen molar-refractivity contribution >= 4 is 45.1 Å². The van der Waals surface area contributed by atoms with Gasteiger partial charge in [-0.15, -0.1) is 11.3 Å². The molecular formula is C19H15IN4OS. The molecule has 26 heavy (non-hydrogen) atoms. The molecule has 0 atom stereocenters. The van der Waals surface area contributed by atoms with Crippen LogP contribution in [0.1, 0.15) is 33.7 Å². The van der Waals surface area contributed by atoms with Crippen LogP contribution in [0.25, 0.3) is 5.69 Å². The molecule has 0 radical (unpaired) electrons. The van der Waals surface area contributed by atoms with E-state index in [1.807, 2.05) is 31.2 Å². The van der Waals surface area contributed by atoms with Crippen LogP contribution in [0.15, 0.2) is 34.1 Å². The molecule has 7 heteroatoms. The number of fused-ring (bicyclic) bond motifs is 1. The Morgan fingerprint density at radius 1 is 1.35 bits per heavy atom. The van der Waals surface area contributed by atoms with Crippen LogP contribution in [0, 0.1) is 21.8 Å². The summed E-state index contributed by atoms with van der Waals surface area (Å²) in [5, 5.41) is 13.3. The number of thiophene rings is 1. The van der Waals surface area contributed by atoms with Gasteiger partial charge in [-0.3, -0.25) is 9.89 Å². The number of halogens is 1. The highest BCUT2D eigenvalue weighted by molar-refractivity contribution is 14.1. The molecule has 2 aromatic heterocycles. The SMILES string of the molecule is Cc1[nH]n(-c2ccc(I)cc2)c(=O)c1/C=N/c1sc2c(c1C#N)CCC2. The van der Waals surface area contributed by atoms with Crippen LogP contribution in [0.4, 0.5) is 5.00 Å². The van der Waals surface area contributed by atoms with Crippen molar-refractivity contribution in [2.75, 3.05) is 0 Å². The minimum absolute atomic E-state index is 0.143. The zero-order valence-corrected chi connectivity index (χ0v) is 17.0. The lowest BCUT2D eigenvalue weighted by atomic mass is 10.1. The standard InChI is InChI=1S/C19H15IN4OS/c1-11-16(19(25)24(23-11)13-7-5-12(20)6-8-13)10-22-18-15(9-21)14-3-2-4-17(14)26-18/h5-8,10,23H,2-4H2,1H3/b22-10+. The fourth-order valence-corrected chi connectivity index (χ4v) is 4.75. The molecular weight excluding hydrogens is 459 g/mol. The van der Waals surface area contributed by atoms with Crippen molar-refractivity contribution in [2.24, 2.45) is 4.99 Å². The first-order valence-electron chi connectivity index (χ1n) is 8.24. The van der Waals surface area contributed by atoms with Crippen molar-refractivity contribution in [1.29, 1.82) is 5.26 Å². The van der Waals surface area contributed by atoms with E-state index in [0.717, 1.165) is 39.8 Å². The monoisotopic (exact) mass is 474 g/mol. The van der Waals surface area contributed by atoms with Crippen molar-refractivity contribution in [3.8, 4) is 11.8 Å². The van der Waals surface area contributed by atoms with Gasteiger partial charge in [0.25, 0.3) is 5.56 Å². The van der Waals surface area contributed by atoms with E-state index < -0.39 is 0 Å². The minimum Gasteiger partial charge on any atom is -0.295 e. The minimum atomic E-state index is -0.143. The molecule has 1 N–H and O–H groups in total. The third-order valence-electron chi connectivity index (χ3n) is 4.53. The number of aryl methyl sites for hydroxylation is 2. The molecule has 0 fully saturated rings. The maximum atomic E-state index is 12.8. The number of nitrogens with zero attached hydrogens (tertiary/aromatic N) is 3. The molecule has 1 aromatic carbocycles. The van der Waals surface area contributed by atoms with Crippen molar-refractivity contribution in [3.63, 3.8) is 0 Å². The first-order valence-corrected chi connectivity index (χ1v) is 10.1. The molecule has 5 nitrogen and oxygen atoms in total. The van der Waals surface area contributed by atoms with Crippen LogP contribution in [0.5, 0.6) is 0 Å². The van der Waals surface area contributed by atoms with Gasteiger partial charge >= 0.3 is 0 Å². The average molecular weight is 474 g/mol. The van der Waals surface area contributed by atoms with Crippen LogP contribution in [0.3, 0.4) is 0 Å². The molecule has 130 valence electrons. The quantitative estimate of drug-likeness (QED) is 0.456. The molecule has 0 spiro atoms. The lowest BCUT2D eigenvalue weighted by Gasteiger charge is -2.00. The van der Waals surface area contributed by atoms with Gasteiger partial charge in [0.05, 0.1) is 16.8 Å². The first-order chi connectivity index (χ1) is 12.6. The summed E-state index contributed by atoms with van der Waals surface area (Å²) in [5.41, 5.74) is 3.72. The molecule has 2 heterocycles. The Bertz CT molecular complexity index is 1110. The van der Waals surface area contributed by atoms with E-state index in [-0.39, 0.29) is 5.56 Å². The van der Waals surface area contributed by atoms with Crippen LogP contribution >= 0.6 is 33.9 Å². The maximum Gasteiger partial charge on any atom is 0.280 e. The second kappa shape index (κ2) is 6.85. The highest BCUT2D eigenvalue weighted by Crippen LogP contribution is 2.40.